The number of aromatic nitrogens is 1. The highest BCUT2D eigenvalue weighted by molar-refractivity contribution is 6.13. The summed E-state index contributed by atoms with van der Waals surface area (Å²) < 4.78 is 0. The number of anilines is 2. The molecule has 0 atom stereocenters. The lowest BCUT2D eigenvalue weighted by atomic mass is 10.0. The predicted molar refractivity (Wildman–Crippen MR) is 101 cm³/mol. The second-order valence-corrected chi connectivity index (χ2v) is 5.60. The third-order valence-corrected chi connectivity index (χ3v) is 3.64. The molecule has 0 radical (unpaired) electrons. The Hall–Kier alpha value is -3.14. The van der Waals surface area contributed by atoms with Crippen LogP contribution in [0, 0.1) is 0 Å². The van der Waals surface area contributed by atoms with E-state index in [2.05, 4.69) is 39.8 Å². The molecule has 0 spiro atoms. The maximum absolute atomic E-state index is 4.62. The molecule has 1 N–H and O–H groups in total. The van der Waals surface area contributed by atoms with E-state index in [9.17, 15) is 0 Å². The van der Waals surface area contributed by atoms with E-state index in [-0.39, 0.29) is 0 Å². The first-order valence-electron chi connectivity index (χ1n) is 7.82. The molecule has 4 nitrogen and oxygen atoms in total. The summed E-state index contributed by atoms with van der Waals surface area (Å²) in [7, 11) is 4.00. The fourth-order valence-electron chi connectivity index (χ4n) is 2.36. The number of nitrogens with one attached hydrogen (secondary N) is 1. The lowest BCUT2D eigenvalue weighted by Crippen LogP contribution is -2.10. The summed E-state index contributed by atoms with van der Waals surface area (Å²) in [6, 6.07) is 24.2. The average molecular weight is 316 g/mol. The summed E-state index contributed by atoms with van der Waals surface area (Å²) in [4.78, 5) is 6.37. The molecule has 4 heteroatoms. The van der Waals surface area contributed by atoms with Gasteiger partial charge in [0.1, 0.15) is 5.82 Å². The number of pyridine rings is 1. The van der Waals surface area contributed by atoms with E-state index < -0.39 is 0 Å². The van der Waals surface area contributed by atoms with Crippen molar-refractivity contribution in [1.82, 2.24) is 4.98 Å². The Morgan fingerprint density at radius 2 is 1.46 bits per heavy atom. The molecular weight excluding hydrogens is 296 g/mol. The molecule has 2 aromatic carbocycles. The largest absolute Gasteiger partial charge is 0.378 e. The zero-order chi connectivity index (χ0) is 16.8. The van der Waals surface area contributed by atoms with Gasteiger partial charge < -0.3 is 4.90 Å². The number of hydrogen-bond donors (Lipinski definition) is 1. The zero-order valence-corrected chi connectivity index (χ0v) is 13.8. The SMILES string of the molecule is CN(C)c1ccnc(NN=C(c2ccccc2)c2ccccc2)c1. The summed E-state index contributed by atoms with van der Waals surface area (Å²) in [5, 5.41) is 4.62. The van der Waals surface area contributed by atoms with Crippen LogP contribution in [0.5, 0.6) is 0 Å². The third-order valence-electron chi connectivity index (χ3n) is 3.64. The number of nitrogens with zero attached hydrogens (tertiary/aromatic N) is 3. The Morgan fingerprint density at radius 1 is 0.875 bits per heavy atom. The maximum atomic E-state index is 4.62. The van der Waals surface area contributed by atoms with Crippen molar-refractivity contribution >= 4 is 17.2 Å². The third kappa shape index (κ3) is 3.79. The second-order valence-electron chi connectivity index (χ2n) is 5.60. The summed E-state index contributed by atoms with van der Waals surface area (Å²) in [5.74, 6) is 0.713. The molecule has 0 amide bonds. The number of benzene rings is 2. The first-order valence-corrected chi connectivity index (χ1v) is 7.82. The van der Waals surface area contributed by atoms with Gasteiger partial charge in [-0.25, -0.2) is 4.98 Å². The van der Waals surface area contributed by atoms with Gasteiger partial charge in [-0.3, -0.25) is 5.43 Å². The van der Waals surface area contributed by atoms with E-state index in [1.54, 1.807) is 6.20 Å². The first-order chi connectivity index (χ1) is 11.7. The standard InChI is InChI=1S/C20H20N4/c1-24(2)18-13-14-21-19(15-18)22-23-20(16-9-5-3-6-10-16)17-11-7-4-8-12-17/h3-15H,1-2H3,(H,21,22). The molecule has 0 aliphatic rings. The van der Waals surface area contributed by atoms with Crippen molar-refractivity contribution in [3.63, 3.8) is 0 Å². The van der Waals surface area contributed by atoms with Crippen molar-refractivity contribution in [2.75, 3.05) is 24.4 Å². The molecule has 0 aliphatic heterocycles. The van der Waals surface area contributed by atoms with Gasteiger partial charge in [0.2, 0.25) is 0 Å². The van der Waals surface area contributed by atoms with Crippen LogP contribution >= 0.6 is 0 Å². The van der Waals surface area contributed by atoms with E-state index >= 15 is 0 Å². The van der Waals surface area contributed by atoms with Crippen molar-refractivity contribution in [2.45, 2.75) is 0 Å². The normalized spacial score (nSPS) is 10.1. The number of rotatable bonds is 5. The summed E-state index contributed by atoms with van der Waals surface area (Å²) in [6.07, 6.45) is 1.78. The van der Waals surface area contributed by atoms with Crippen molar-refractivity contribution in [2.24, 2.45) is 5.10 Å². The summed E-state index contributed by atoms with van der Waals surface area (Å²) >= 11 is 0. The van der Waals surface area contributed by atoms with Gasteiger partial charge in [-0.15, -0.1) is 0 Å². The Kier molecular flexibility index (Phi) is 4.87. The topological polar surface area (TPSA) is 40.5 Å². The van der Waals surface area contributed by atoms with Gasteiger partial charge in [0.25, 0.3) is 0 Å². The Labute approximate surface area is 142 Å². The van der Waals surface area contributed by atoms with Crippen LogP contribution in [0.4, 0.5) is 11.5 Å². The minimum Gasteiger partial charge on any atom is -0.378 e. The molecule has 24 heavy (non-hydrogen) atoms. The second kappa shape index (κ2) is 7.42. The van der Waals surface area contributed by atoms with E-state index in [1.807, 2.05) is 67.5 Å². The molecule has 0 bridgehead atoms. The van der Waals surface area contributed by atoms with E-state index in [4.69, 9.17) is 0 Å². The quantitative estimate of drug-likeness (QED) is 0.571. The van der Waals surface area contributed by atoms with Gasteiger partial charge in [0.05, 0.1) is 5.71 Å². The molecule has 3 aromatic rings. The van der Waals surface area contributed by atoms with Crippen LogP contribution in [0.25, 0.3) is 0 Å². The van der Waals surface area contributed by atoms with Gasteiger partial charge in [0.15, 0.2) is 0 Å². The molecular formula is C20H20N4. The Balaban J connectivity index is 1.94. The highest BCUT2D eigenvalue weighted by Crippen LogP contribution is 2.16. The molecule has 0 saturated heterocycles. The fraction of sp³-hybridized carbons (Fsp3) is 0.100. The monoisotopic (exact) mass is 316 g/mol. The molecule has 1 heterocycles. The van der Waals surface area contributed by atoms with Crippen LogP contribution in [0.15, 0.2) is 84.1 Å². The highest BCUT2D eigenvalue weighted by Gasteiger charge is 2.07. The number of hydrazone groups is 1. The van der Waals surface area contributed by atoms with Crippen molar-refractivity contribution in [3.05, 3.63) is 90.1 Å². The molecule has 0 unspecified atom stereocenters. The van der Waals surface area contributed by atoms with Gasteiger partial charge in [-0.1, -0.05) is 60.7 Å². The molecule has 0 fully saturated rings. The van der Waals surface area contributed by atoms with Crippen LogP contribution in [-0.2, 0) is 0 Å². The molecule has 3 rings (SSSR count). The average Bonchev–Trinajstić information content (AvgIpc) is 2.64. The van der Waals surface area contributed by atoms with Crippen LogP contribution < -0.4 is 10.3 Å². The highest BCUT2D eigenvalue weighted by atomic mass is 15.3. The minimum atomic E-state index is 0.713. The maximum Gasteiger partial charge on any atom is 0.148 e. The van der Waals surface area contributed by atoms with Crippen molar-refractivity contribution in [1.29, 1.82) is 0 Å². The lowest BCUT2D eigenvalue weighted by molar-refractivity contribution is 1.11. The minimum absolute atomic E-state index is 0.713. The number of hydrogen-bond acceptors (Lipinski definition) is 4. The van der Waals surface area contributed by atoms with Crippen molar-refractivity contribution in [3.8, 4) is 0 Å². The zero-order valence-electron chi connectivity index (χ0n) is 13.8. The predicted octanol–water partition coefficient (Wildman–Crippen LogP) is 4.01. The van der Waals surface area contributed by atoms with Gasteiger partial charge in [0, 0.05) is 43.2 Å². The fourth-order valence-corrected chi connectivity index (χ4v) is 2.36. The van der Waals surface area contributed by atoms with E-state index in [1.165, 1.54) is 0 Å². The van der Waals surface area contributed by atoms with Gasteiger partial charge in [-0.2, -0.15) is 5.10 Å². The van der Waals surface area contributed by atoms with Crippen molar-refractivity contribution < 1.29 is 0 Å². The first kappa shape index (κ1) is 15.7. The van der Waals surface area contributed by atoms with Gasteiger partial charge in [-0.05, 0) is 6.07 Å². The summed E-state index contributed by atoms with van der Waals surface area (Å²) in [5.41, 5.74) is 7.15. The van der Waals surface area contributed by atoms with Crippen LogP contribution in [-0.4, -0.2) is 24.8 Å². The molecule has 0 aliphatic carbocycles. The summed E-state index contributed by atoms with van der Waals surface area (Å²) in [6.45, 7) is 0. The smallest absolute Gasteiger partial charge is 0.148 e. The Morgan fingerprint density at radius 3 is 2.00 bits per heavy atom. The van der Waals surface area contributed by atoms with Crippen LogP contribution in [0.1, 0.15) is 11.1 Å². The van der Waals surface area contributed by atoms with Crippen LogP contribution in [0.3, 0.4) is 0 Å². The molecule has 120 valence electrons. The van der Waals surface area contributed by atoms with E-state index in [0.29, 0.717) is 5.82 Å². The van der Waals surface area contributed by atoms with E-state index in [0.717, 1.165) is 22.5 Å². The van der Waals surface area contributed by atoms with Gasteiger partial charge >= 0.3 is 0 Å². The molecule has 1 aromatic heterocycles. The molecule has 0 saturated carbocycles. The van der Waals surface area contributed by atoms with Crippen LogP contribution in [0.2, 0.25) is 0 Å². The lowest BCUT2D eigenvalue weighted by Gasteiger charge is -2.13. The Bertz CT molecular complexity index is 770.